The van der Waals surface area contributed by atoms with Crippen molar-refractivity contribution in [3.8, 4) is 5.75 Å². The molecule has 108 valence electrons. The van der Waals surface area contributed by atoms with Gasteiger partial charge in [0.05, 0.1) is 12.8 Å². The molecule has 0 spiro atoms. The van der Waals surface area contributed by atoms with Gasteiger partial charge in [-0.05, 0) is 12.1 Å². The lowest BCUT2D eigenvalue weighted by Crippen LogP contribution is -2.20. The molecule has 0 radical (unpaired) electrons. The number of sulfonamides is 1. The Labute approximate surface area is 112 Å². The quantitative estimate of drug-likeness (QED) is 0.825. The van der Waals surface area contributed by atoms with E-state index >= 15 is 0 Å². The Morgan fingerprint density at radius 3 is 2.26 bits per heavy atom. The van der Waals surface area contributed by atoms with Crippen LogP contribution in [0.1, 0.15) is 0 Å². The first kappa shape index (κ1) is 15.9. The first-order chi connectivity index (χ1) is 8.58. The molecule has 0 heterocycles. The van der Waals surface area contributed by atoms with Gasteiger partial charge in [0.2, 0.25) is 0 Å². The van der Waals surface area contributed by atoms with E-state index in [0.717, 1.165) is 25.3 Å². The maximum Gasteiger partial charge on any atom is 0.355 e. The molecule has 19 heavy (non-hydrogen) atoms. The molecule has 11 heteroatoms. The van der Waals surface area contributed by atoms with Crippen LogP contribution in [0.25, 0.3) is 0 Å². The third-order valence-corrected chi connectivity index (χ3v) is 4.27. The number of methoxy groups -OCH3 is 1. The normalized spacial score (nSPS) is 12.5. The van der Waals surface area contributed by atoms with E-state index in [1.165, 1.54) is 0 Å². The van der Waals surface area contributed by atoms with Crippen molar-refractivity contribution in [2.45, 2.75) is 10.7 Å². The highest BCUT2D eigenvalue weighted by molar-refractivity contribution is 8.13. The third kappa shape index (κ3) is 3.91. The minimum absolute atomic E-state index is 0.274. The van der Waals surface area contributed by atoms with Crippen molar-refractivity contribution in [1.29, 1.82) is 0 Å². The predicted octanol–water partition coefficient (Wildman–Crippen LogP) is 1.59. The van der Waals surface area contributed by atoms with E-state index in [0.29, 0.717) is 0 Å². The van der Waals surface area contributed by atoms with Gasteiger partial charge in [0.1, 0.15) is 10.6 Å². The van der Waals surface area contributed by atoms with Gasteiger partial charge >= 0.3 is 5.76 Å². The lowest BCUT2D eigenvalue weighted by Gasteiger charge is -2.10. The van der Waals surface area contributed by atoms with Gasteiger partial charge in [0.15, 0.2) is 0 Å². The lowest BCUT2D eigenvalue weighted by molar-refractivity contribution is 0.236. The van der Waals surface area contributed by atoms with Crippen LogP contribution in [-0.4, -0.2) is 29.7 Å². The molecular formula is C8H8ClF2NO5S2. The average Bonchev–Trinajstić information content (AvgIpc) is 2.26. The summed E-state index contributed by atoms with van der Waals surface area (Å²) in [5.74, 6) is -3.89. The molecule has 6 nitrogen and oxygen atoms in total. The van der Waals surface area contributed by atoms with E-state index in [4.69, 9.17) is 15.4 Å². The number of halogens is 3. The van der Waals surface area contributed by atoms with E-state index in [2.05, 4.69) is 0 Å². The molecular weight excluding hydrogens is 328 g/mol. The van der Waals surface area contributed by atoms with Crippen LogP contribution < -0.4 is 9.46 Å². The zero-order valence-corrected chi connectivity index (χ0v) is 11.7. The molecule has 0 aliphatic rings. The summed E-state index contributed by atoms with van der Waals surface area (Å²) in [4.78, 5) is -0.406. The molecule has 0 aromatic heterocycles. The highest BCUT2D eigenvalue weighted by atomic mass is 35.7. The second-order valence-electron chi connectivity index (χ2n) is 3.21. The van der Waals surface area contributed by atoms with Crippen molar-refractivity contribution in [3.63, 3.8) is 0 Å². The number of alkyl halides is 2. The maximum atomic E-state index is 12.2. The van der Waals surface area contributed by atoms with E-state index in [9.17, 15) is 25.6 Å². The highest BCUT2D eigenvalue weighted by Gasteiger charge is 2.25. The number of nitrogens with one attached hydrogen (secondary N) is 1. The fourth-order valence-corrected chi connectivity index (χ4v) is 2.68. The molecule has 0 unspecified atom stereocenters. The van der Waals surface area contributed by atoms with Crippen molar-refractivity contribution in [1.82, 2.24) is 0 Å². The van der Waals surface area contributed by atoms with E-state index in [1.54, 1.807) is 4.72 Å². The molecule has 0 atom stereocenters. The van der Waals surface area contributed by atoms with Crippen molar-refractivity contribution in [2.24, 2.45) is 0 Å². The predicted molar refractivity (Wildman–Crippen MR) is 64.6 cm³/mol. The summed E-state index contributed by atoms with van der Waals surface area (Å²) in [6.07, 6.45) is 0. The maximum absolute atomic E-state index is 12.2. The van der Waals surface area contributed by atoms with Gasteiger partial charge in [-0.15, -0.1) is 0 Å². The van der Waals surface area contributed by atoms with Gasteiger partial charge in [0.25, 0.3) is 19.1 Å². The smallest absolute Gasteiger partial charge is 0.355 e. The largest absolute Gasteiger partial charge is 0.495 e. The summed E-state index contributed by atoms with van der Waals surface area (Å²) in [5.41, 5.74) is -0.277. The second kappa shape index (κ2) is 5.47. The Bertz CT molecular complexity index is 674. The van der Waals surface area contributed by atoms with Gasteiger partial charge in [-0.3, -0.25) is 4.72 Å². The van der Waals surface area contributed by atoms with Crippen molar-refractivity contribution in [2.75, 3.05) is 11.8 Å². The lowest BCUT2D eigenvalue weighted by atomic mass is 10.3. The van der Waals surface area contributed by atoms with Crippen LogP contribution in [0.4, 0.5) is 14.5 Å². The Morgan fingerprint density at radius 2 is 1.84 bits per heavy atom. The molecule has 0 bridgehead atoms. The number of rotatable bonds is 5. The fourth-order valence-electron chi connectivity index (χ4n) is 1.14. The summed E-state index contributed by atoms with van der Waals surface area (Å²) in [6.45, 7) is 0. The monoisotopic (exact) mass is 335 g/mol. The van der Waals surface area contributed by atoms with Crippen LogP contribution in [-0.2, 0) is 19.1 Å². The number of hydrogen-bond donors (Lipinski definition) is 1. The van der Waals surface area contributed by atoms with Crippen LogP contribution in [0.3, 0.4) is 0 Å². The van der Waals surface area contributed by atoms with Crippen LogP contribution in [0, 0.1) is 0 Å². The van der Waals surface area contributed by atoms with Crippen LogP contribution in [0.2, 0.25) is 0 Å². The molecule has 0 aliphatic heterocycles. The van der Waals surface area contributed by atoms with Gasteiger partial charge in [-0.1, -0.05) is 0 Å². The molecule has 0 fully saturated rings. The van der Waals surface area contributed by atoms with E-state index in [1.807, 2.05) is 0 Å². The standard InChI is InChI=1S/C8H8ClF2NO5S2/c1-17-6-4-5(12-19(15,16)8(10)11)2-3-7(6)18(9,13)14/h2-4,8,12H,1H3. The molecule has 0 saturated heterocycles. The Morgan fingerprint density at radius 1 is 1.26 bits per heavy atom. The Balaban J connectivity index is 3.23. The molecule has 0 aliphatic carbocycles. The van der Waals surface area contributed by atoms with Crippen molar-refractivity contribution in [3.05, 3.63) is 18.2 Å². The highest BCUT2D eigenvalue weighted by Crippen LogP contribution is 2.30. The number of ether oxygens (including phenoxy) is 1. The van der Waals surface area contributed by atoms with E-state index < -0.39 is 29.7 Å². The van der Waals surface area contributed by atoms with Gasteiger partial charge in [-0.25, -0.2) is 16.8 Å². The molecule has 0 amide bonds. The zero-order chi connectivity index (χ0) is 14.8. The minimum atomic E-state index is -4.85. The minimum Gasteiger partial charge on any atom is -0.495 e. The first-order valence-electron chi connectivity index (χ1n) is 4.50. The van der Waals surface area contributed by atoms with Crippen LogP contribution in [0.5, 0.6) is 5.75 Å². The summed E-state index contributed by atoms with van der Waals surface area (Å²) in [7, 11) is -2.72. The summed E-state index contributed by atoms with van der Waals surface area (Å²) in [5, 5.41) is 0. The second-order valence-corrected chi connectivity index (χ2v) is 7.40. The Hall–Kier alpha value is -1.13. The van der Waals surface area contributed by atoms with Gasteiger partial charge in [0, 0.05) is 16.7 Å². The first-order valence-corrected chi connectivity index (χ1v) is 8.36. The topological polar surface area (TPSA) is 89.5 Å². The summed E-state index contributed by atoms with van der Waals surface area (Å²) in [6, 6.07) is 2.83. The third-order valence-electron chi connectivity index (χ3n) is 1.92. The summed E-state index contributed by atoms with van der Waals surface area (Å²) >= 11 is 0. The van der Waals surface area contributed by atoms with Crippen LogP contribution in [0.15, 0.2) is 23.1 Å². The van der Waals surface area contributed by atoms with Gasteiger partial charge in [-0.2, -0.15) is 8.78 Å². The zero-order valence-electron chi connectivity index (χ0n) is 9.30. The number of anilines is 1. The molecule has 1 aromatic carbocycles. The molecule has 1 N–H and O–H groups in total. The fraction of sp³-hybridized carbons (Fsp3) is 0.250. The molecule has 1 rings (SSSR count). The van der Waals surface area contributed by atoms with Crippen LogP contribution >= 0.6 is 10.7 Å². The molecule has 0 saturated carbocycles. The SMILES string of the molecule is COc1cc(NS(=O)(=O)C(F)F)ccc1S(=O)(=O)Cl. The number of benzene rings is 1. The molecule has 1 aromatic rings. The van der Waals surface area contributed by atoms with Crippen molar-refractivity contribution < 1.29 is 30.4 Å². The average molecular weight is 336 g/mol. The summed E-state index contributed by atoms with van der Waals surface area (Å²) < 4.78 is 74.7. The Kier molecular flexibility index (Phi) is 4.59. The number of hydrogen-bond acceptors (Lipinski definition) is 5. The van der Waals surface area contributed by atoms with E-state index in [-0.39, 0.29) is 11.4 Å². The van der Waals surface area contributed by atoms with Crippen molar-refractivity contribution >= 4 is 35.4 Å². The van der Waals surface area contributed by atoms with Gasteiger partial charge < -0.3 is 4.74 Å².